The van der Waals surface area contributed by atoms with Crippen LogP contribution in [0.1, 0.15) is 41.6 Å². The third-order valence-corrected chi connectivity index (χ3v) is 6.83. The Morgan fingerprint density at radius 3 is 2.78 bits per heavy atom. The van der Waals surface area contributed by atoms with Crippen LogP contribution in [-0.2, 0) is 0 Å². The van der Waals surface area contributed by atoms with E-state index in [1.807, 2.05) is 61.5 Å². The largest absolute Gasteiger partial charge is 0.492 e. The molecule has 4 aromatic rings. The maximum atomic E-state index is 13.0. The van der Waals surface area contributed by atoms with Gasteiger partial charge in [-0.3, -0.25) is 9.78 Å². The lowest BCUT2D eigenvalue weighted by Crippen LogP contribution is -2.49. The average molecular weight is 485 g/mol. The minimum Gasteiger partial charge on any atom is -0.492 e. The molecular formula is C29H32N4O3. The number of carbonyl (C=O) groups excluding carboxylic acids is 1. The third-order valence-electron chi connectivity index (χ3n) is 6.83. The van der Waals surface area contributed by atoms with E-state index in [2.05, 4.69) is 10.3 Å². The summed E-state index contributed by atoms with van der Waals surface area (Å²) in [5.41, 5.74) is 17.6. The van der Waals surface area contributed by atoms with Crippen molar-refractivity contribution in [3.63, 3.8) is 0 Å². The minimum absolute atomic E-state index is 0.0111. The summed E-state index contributed by atoms with van der Waals surface area (Å²) in [7, 11) is 0. The number of amides is 1. The zero-order valence-corrected chi connectivity index (χ0v) is 20.5. The van der Waals surface area contributed by atoms with E-state index >= 15 is 0 Å². The highest BCUT2D eigenvalue weighted by molar-refractivity contribution is 5.98. The summed E-state index contributed by atoms with van der Waals surface area (Å²) in [4.78, 5) is 17.5. The van der Waals surface area contributed by atoms with Crippen molar-refractivity contribution < 1.29 is 13.9 Å². The predicted octanol–water partition coefficient (Wildman–Crippen LogP) is 4.81. The highest BCUT2D eigenvalue weighted by Gasteiger charge is 2.24. The summed E-state index contributed by atoms with van der Waals surface area (Å²) in [5.74, 6) is 1.41. The Kier molecular flexibility index (Phi) is 7.02. The maximum absolute atomic E-state index is 13.0. The van der Waals surface area contributed by atoms with Gasteiger partial charge >= 0.3 is 0 Å². The SMILES string of the molecule is Cc1cc(OCCN)ccc1-c1cc2nccc(-c3cccc(C(=O)N[C@@H]4CCCC[C@@H]4N)c3)c2o1. The van der Waals surface area contributed by atoms with Gasteiger partial charge in [-0.25, -0.2) is 0 Å². The van der Waals surface area contributed by atoms with Gasteiger partial charge in [-0.1, -0.05) is 25.0 Å². The van der Waals surface area contributed by atoms with E-state index in [0.29, 0.717) is 24.3 Å². The highest BCUT2D eigenvalue weighted by Crippen LogP contribution is 2.35. The van der Waals surface area contributed by atoms with Crippen LogP contribution in [0.5, 0.6) is 5.75 Å². The van der Waals surface area contributed by atoms with Gasteiger partial charge in [-0.15, -0.1) is 0 Å². The Labute approximate surface area is 210 Å². The molecule has 7 heteroatoms. The second kappa shape index (κ2) is 10.5. The Bertz CT molecular complexity index is 1380. The van der Waals surface area contributed by atoms with Crippen molar-refractivity contribution in [2.75, 3.05) is 13.2 Å². The summed E-state index contributed by atoms with van der Waals surface area (Å²) in [6.45, 7) is 2.96. The number of hydrogen-bond acceptors (Lipinski definition) is 6. The third kappa shape index (κ3) is 4.98. The normalized spacial score (nSPS) is 17.8. The van der Waals surface area contributed by atoms with Crippen LogP contribution in [-0.4, -0.2) is 36.1 Å². The van der Waals surface area contributed by atoms with Crippen LogP contribution in [0.3, 0.4) is 0 Å². The molecule has 1 aliphatic rings. The summed E-state index contributed by atoms with van der Waals surface area (Å²) in [6.07, 6.45) is 5.85. The zero-order valence-electron chi connectivity index (χ0n) is 20.5. The number of nitrogens with zero attached hydrogens (tertiary/aromatic N) is 1. The van der Waals surface area contributed by atoms with E-state index < -0.39 is 0 Å². The molecule has 0 radical (unpaired) electrons. The van der Waals surface area contributed by atoms with E-state index in [1.165, 1.54) is 0 Å². The number of nitrogens with two attached hydrogens (primary N) is 2. The van der Waals surface area contributed by atoms with Crippen LogP contribution in [0.15, 0.2) is 65.2 Å². The molecule has 5 rings (SSSR count). The summed E-state index contributed by atoms with van der Waals surface area (Å²) in [6, 6.07) is 17.4. The number of aromatic nitrogens is 1. The topological polar surface area (TPSA) is 116 Å². The molecule has 5 N–H and O–H groups in total. The van der Waals surface area contributed by atoms with Crippen molar-refractivity contribution in [2.45, 2.75) is 44.7 Å². The molecule has 1 amide bonds. The smallest absolute Gasteiger partial charge is 0.251 e. The number of benzene rings is 2. The number of fused-ring (bicyclic) bond motifs is 1. The fourth-order valence-electron chi connectivity index (χ4n) is 4.90. The fourth-order valence-corrected chi connectivity index (χ4v) is 4.90. The van der Waals surface area contributed by atoms with Gasteiger partial charge in [-0.2, -0.15) is 0 Å². The van der Waals surface area contributed by atoms with Gasteiger partial charge in [0.05, 0.1) is 0 Å². The second-order valence-electron chi connectivity index (χ2n) is 9.41. The lowest BCUT2D eigenvalue weighted by Gasteiger charge is -2.29. The maximum Gasteiger partial charge on any atom is 0.251 e. The minimum atomic E-state index is -0.0998. The first-order valence-corrected chi connectivity index (χ1v) is 12.5. The molecule has 186 valence electrons. The number of aryl methyl sites for hydroxylation is 1. The Morgan fingerprint density at radius 2 is 1.97 bits per heavy atom. The lowest BCUT2D eigenvalue weighted by atomic mass is 9.91. The molecule has 0 saturated heterocycles. The van der Waals surface area contributed by atoms with Crippen molar-refractivity contribution in [3.8, 4) is 28.2 Å². The van der Waals surface area contributed by atoms with Crippen LogP contribution >= 0.6 is 0 Å². The van der Waals surface area contributed by atoms with Crippen LogP contribution in [0.25, 0.3) is 33.6 Å². The van der Waals surface area contributed by atoms with Crippen molar-refractivity contribution in [1.29, 1.82) is 0 Å². The zero-order chi connectivity index (χ0) is 25.1. The van der Waals surface area contributed by atoms with Crippen LogP contribution in [0, 0.1) is 6.92 Å². The van der Waals surface area contributed by atoms with Gasteiger partial charge in [0.25, 0.3) is 5.91 Å². The molecule has 1 fully saturated rings. The summed E-state index contributed by atoms with van der Waals surface area (Å²) >= 11 is 0. The quantitative estimate of drug-likeness (QED) is 0.347. The monoisotopic (exact) mass is 484 g/mol. The van der Waals surface area contributed by atoms with Crippen molar-refractivity contribution in [3.05, 3.63) is 71.9 Å². The van der Waals surface area contributed by atoms with Crippen LogP contribution < -0.4 is 21.5 Å². The summed E-state index contributed by atoms with van der Waals surface area (Å²) in [5, 5.41) is 3.13. The molecule has 2 aromatic carbocycles. The predicted molar refractivity (Wildman–Crippen MR) is 142 cm³/mol. The molecule has 2 heterocycles. The number of hydrogen-bond donors (Lipinski definition) is 3. The Hall–Kier alpha value is -3.68. The molecular weight excluding hydrogens is 452 g/mol. The van der Waals surface area contributed by atoms with E-state index in [-0.39, 0.29) is 18.0 Å². The first kappa shape index (κ1) is 24.0. The lowest BCUT2D eigenvalue weighted by molar-refractivity contribution is 0.0921. The van der Waals surface area contributed by atoms with E-state index in [0.717, 1.165) is 65.0 Å². The fraction of sp³-hybridized carbons (Fsp3) is 0.310. The molecule has 0 bridgehead atoms. The standard InChI is InChI=1S/C29H32N4O3/c1-18-15-21(35-14-12-30)9-10-22(18)27-17-26-28(36-27)23(11-13-32-26)19-5-4-6-20(16-19)29(34)33-25-8-3-2-7-24(25)31/h4-6,9-11,13,15-17,24-25H,2-3,7-8,12,14,30-31H2,1H3,(H,33,34)/t24-,25+/m0/s1. The molecule has 0 spiro atoms. The molecule has 36 heavy (non-hydrogen) atoms. The highest BCUT2D eigenvalue weighted by atomic mass is 16.5. The van der Waals surface area contributed by atoms with Gasteiger partial charge < -0.3 is 25.9 Å². The van der Waals surface area contributed by atoms with Gasteiger partial charge in [0, 0.05) is 47.6 Å². The molecule has 7 nitrogen and oxygen atoms in total. The molecule has 1 aliphatic carbocycles. The Balaban J connectivity index is 1.44. The molecule has 2 atom stereocenters. The van der Waals surface area contributed by atoms with Crippen molar-refractivity contribution >= 4 is 17.0 Å². The average Bonchev–Trinajstić information content (AvgIpc) is 3.33. The van der Waals surface area contributed by atoms with E-state index in [9.17, 15) is 4.79 Å². The molecule has 0 aliphatic heterocycles. The number of ether oxygens (including phenoxy) is 1. The second-order valence-corrected chi connectivity index (χ2v) is 9.41. The number of furan rings is 1. The van der Waals surface area contributed by atoms with Gasteiger partial charge in [-0.05, 0) is 67.3 Å². The molecule has 0 unspecified atom stereocenters. The first-order chi connectivity index (χ1) is 17.5. The van der Waals surface area contributed by atoms with Crippen LogP contribution in [0.4, 0.5) is 0 Å². The van der Waals surface area contributed by atoms with E-state index in [4.69, 9.17) is 20.6 Å². The number of rotatable bonds is 7. The number of pyridine rings is 1. The molecule has 1 saturated carbocycles. The van der Waals surface area contributed by atoms with Crippen molar-refractivity contribution in [1.82, 2.24) is 10.3 Å². The first-order valence-electron chi connectivity index (χ1n) is 12.5. The van der Waals surface area contributed by atoms with Crippen molar-refractivity contribution in [2.24, 2.45) is 11.5 Å². The van der Waals surface area contributed by atoms with Gasteiger partial charge in [0.2, 0.25) is 0 Å². The summed E-state index contributed by atoms with van der Waals surface area (Å²) < 4.78 is 12.0. The molecule has 2 aromatic heterocycles. The number of carbonyl (C=O) groups is 1. The Morgan fingerprint density at radius 1 is 1.11 bits per heavy atom. The van der Waals surface area contributed by atoms with Gasteiger partial charge in [0.1, 0.15) is 23.6 Å². The number of nitrogens with one attached hydrogen (secondary N) is 1. The van der Waals surface area contributed by atoms with Crippen LogP contribution in [0.2, 0.25) is 0 Å². The van der Waals surface area contributed by atoms with E-state index in [1.54, 1.807) is 6.20 Å². The van der Waals surface area contributed by atoms with Gasteiger partial charge in [0.15, 0.2) is 5.58 Å².